The summed E-state index contributed by atoms with van der Waals surface area (Å²) < 4.78 is 0. The molecule has 600 valence electrons. The highest BCUT2D eigenvalue weighted by molar-refractivity contribution is 7.98. The van der Waals surface area contributed by atoms with E-state index in [1.807, 2.05) is 0 Å². The molecule has 1 aromatic heterocycles. The number of aliphatic hydroxyl groups is 3. The number of amides is 14. The number of rotatable bonds is 48. The van der Waals surface area contributed by atoms with Crippen molar-refractivity contribution in [3.8, 4) is 5.75 Å². The Bertz CT molecular complexity index is 3570. The molecular formula is C68H100N18O22S. The van der Waals surface area contributed by atoms with Gasteiger partial charge in [-0.2, -0.15) is 11.8 Å². The van der Waals surface area contributed by atoms with Crippen LogP contribution in [0.25, 0.3) is 0 Å². The van der Waals surface area contributed by atoms with E-state index in [0.29, 0.717) is 43.4 Å². The zero-order valence-electron chi connectivity index (χ0n) is 60.8. The predicted molar refractivity (Wildman–Crippen MR) is 388 cm³/mol. The van der Waals surface area contributed by atoms with Gasteiger partial charge in [0.15, 0.2) is 0 Å². The maximum absolute atomic E-state index is 14.2. The first kappa shape index (κ1) is 90.5. The van der Waals surface area contributed by atoms with Crippen LogP contribution in [0.4, 0.5) is 0 Å². The number of hydrogen-bond acceptors (Lipinski definition) is 24. The molecule has 0 spiro atoms. The molecule has 4 rings (SSSR count). The van der Waals surface area contributed by atoms with Crippen LogP contribution < -0.4 is 85.5 Å². The Morgan fingerprint density at radius 2 is 1.01 bits per heavy atom. The second kappa shape index (κ2) is 47.0. The fraction of sp³-hybridized carbons (Fsp3) is 0.544. The van der Waals surface area contributed by atoms with Crippen LogP contribution in [0.3, 0.4) is 0 Å². The third-order valence-electron chi connectivity index (χ3n) is 16.7. The number of aromatic nitrogens is 2. The quantitative estimate of drug-likeness (QED) is 0.0234. The van der Waals surface area contributed by atoms with Crippen molar-refractivity contribution in [1.82, 2.24) is 89.7 Å². The van der Waals surface area contributed by atoms with Crippen molar-refractivity contribution in [1.29, 1.82) is 0 Å². The monoisotopic (exact) mass is 1550 g/mol. The number of nitrogens with one attached hydrogen (secondary N) is 16. The summed E-state index contributed by atoms with van der Waals surface area (Å²) in [4.78, 5) is 220. The van der Waals surface area contributed by atoms with E-state index in [1.165, 1.54) is 69.3 Å². The van der Waals surface area contributed by atoms with Crippen molar-refractivity contribution in [3.05, 3.63) is 83.9 Å². The van der Waals surface area contributed by atoms with Gasteiger partial charge in [0, 0.05) is 31.2 Å². The number of aromatic hydroxyl groups is 1. The molecule has 0 bridgehead atoms. The van der Waals surface area contributed by atoms with Gasteiger partial charge >= 0.3 is 11.9 Å². The fourth-order valence-electron chi connectivity index (χ4n) is 10.7. The lowest BCUT2D eigenvalue weighted by Crippen LogP contribution is -2.61. The van der Waals surface area contributed by atoms with E-state index in [0.717, 1.165) is 6.92 Å². The Labute approximate surface area is 630 Å². The highest BCUT2D eigenvalue weighted by Gasteiger charge is 2.38. The molecule has 1 saturated heterocycles. The third kappa shape index (κ3) is 32.2. The third-order valence-corrected chi connectivity index (χ3v) is 17.4. The van der Waals surface area contributed by atoms with Crippen LogP contribution in [0.15, 0.2) is 67.1 Å². The lowest BCUT2D eigenvalue weighted by atomic mass is 10.0. The number of benzene rings is 2. The van der Waals surface area contributed by atoms with Crippen LogP contribution in [0.2, 0.25) is 0 Å². The molecule has 0 aliphatic carbocycles. The van der Waals surface area contributed by atoms with Crippen molar-refractivity contribution in [3.63, 3.8) is 0 Å². The van der Waals surface area contributed by atoms with Crippen LogP contribution in [-0.2, 0) is 96.0 Å². The summed E-state index contributed by atoms with van der Waals surface area (Å²) in [5.41, 5.74) is 6.85. The fourth-order valence-corrected chi connectivity index (χ4v) is 11.1. The van der Waals surface area contributed by atoms with Gasteiger partial charge in [-0.15, -0.1) is 0 Å². The normalized spacial score (nSPS) is 15.7. The minimum Gasteiger partial charge on any atom is -0.508 e. The number of phenols is 1. The first-order valence-electron chi connectivity index (χ1n) is 35.0. The van der Waals surface area contributed by atoms with E-state index in [4.69, 9.17) is 5.73 Å². The number of carbonyl (C=O) groups is 16. The van der Waals surface area contributed by atoms with E-state index in [-0.39, 0.29) is 55.8 Å². The number of aliphatic hydroxyl groups excluding tert-OH is 3. The number of aromatic amines is 1. The van der Waals surface area contributed by atoms with Crippen molar-refractivity contribution in [2.24, 2.45) is 11.7 Å². The number of unbranched alkanes of at least 4 members (excludes halogenated alkanes) is 1. The minimum absolute atomic E-state index is 0.0549. The SMILES string of the molecule is CSCC[C@H](NC(=O)CNC(=O)[C@H](Cc1cnc[nH]1)NC(=O)[C@@H](NC(=O)CNC(=O)[C@H](Cc1ccc(O)cc1)NC(=O)[C@@H](NC(=O)[C@H](CO)NC(=O)[C@H](CC(=O)O)NC(=O)[C@H](CCCCN)NC(=O)[C@@H]1CCCN1)C(C)C)[C@@H](C)O)C(=O)N[C@@H](CO)C(=O)NCC(=O)N[C@@H](Cc1ccccc1)C(=O)N[C@@H](C)C(=O)O. The first-order chi connectivity index (χ1) is 51.8. The Morgan fingerprint density at radius 3 is 1.51 bits per heavy atom. The maximum Gasteiger partial charge on any atom is 0.325 e. The number of imidazole rings is 1. The van der Waals surface area contributed by atoms with Crippen LogP contribution in [0, 0.1) is 5.92 Å². The maximum atomic E-state index is 14.2. The summed E-state index contributed by atoms with van der Waals surface area (Å²) in [7, 11) is 0. The summed E-state index contributed by atoms with van der Waals surface area (Å²) in [6.45, 7) is 1.48. The molecule has 109 heavy (non-hydrogen) atoms. The highest BCUT2D eigenvalue weighted by Crippen LogP contribution is 2.15. The molecule has 14 amide bonds. The average Bonchev–Trinajstić information content (AvgIpc) is 1.78. The molecule has 2 aromatic carbocycles. The molecule has 3 aromatic rings. The van der Waals surface area contributed by atoms with Gasteiger partial charge in [0.2, 0.25) is 82.7 Å². The highest BCUT2D eigenvalue weighted by atomic mass is 32.2. The van der Waals surface area contributed by atoms with Crippen molar-refractivity contribution in [2.45, 2.75) is 171 Å². The molecule has 1 aliphatic rings. The number of thioether (sulfide) groups is 1. The summed E-state index contributed by atoms with van der Waals surface area (Å²) in [6, 6.07) is -4.04. The van der Waals surface area contributed by atoms with Crippen LogP contribution >= 0.6 is 11.8 Å². The number of carboxylic acids is 2. The smallest absolute Gasteiger partial charge is 0.325 e. The predicted octanol–water partition coefficient (Wildman–Crippen LogP) is -7.94. The van der Waals surface area contributed by atoms with E-state index in [1.54, 1.807) is 36.6 Å². The standard InChI is InChI=1S/C68H100N18O22S/c1-35(2)55(86-65(104)50(33-88)84-64(103)48(27-54(94)95)80-61(100)43(14-9-10-21-69)79-60(99)42-15-11-22-71-42)66(105)81-45(25-39-16-18-41(90)19-17-39)57(96)73-31-53(93)85-56(37(4)89)67(106)82-47(26-40-28-70-34-75-40)58(97)72-29-51(91)77-44(20-23-109-5)62(101)83-49(32-87)59(98)74-30-52(92)78-46(24-38-12-7-6-8-13-38)63(102)76-36(3)68(107)108/h6-8,12-13,16-19,28,34-37,42-50,55-56,71,87-90H,9-11,14-15,20-27,29-33,69H2,1-5H3,(H,70,75)(H,72,97)(H,73,96)(H,74,98)(H,76,102)(H,77,91)(H,78,92)(H,79,99)(H,80,100)(H,81,105)(H,82,106)(H,83,101)(H,84,103)(H,85,93)(H,86,104)(H,94,95)(H,107,108)/t36-,37+,42-,43-,44-,45-,46-,47-,48-,49-,50-,55-,56-/m0/s1. The molecular weight excluding hydrogens is 1450 g/mol. The van der Waals surface area contributed by atoms with Crippen molar-refractivity contribution in [2.75, 3.05) is 57.9 Å². The molecule has 40 nitrogen and oxygen atoms in total. The van der Waals surface area contributed by atoms with E-state index < -0.39 is 218 Å². The topological polar surface area (TPSA) is 630 Å². The van der Waals surface area contributed by atoms with Gasteiger partial charge in [0.1, 0.15) is 72.2 Å². The number of phenolic OH excluding ortho intramolecular Hbond substituents is 1. The average molecular weight is 1550 g/mol. The Hall–Kier alpha value is -10.9. The second-order valence-electron chi connectivity index (χ2n) is 25.9. The summed E-state index contributed by atoms with van der Waals surface area (Å²) in [6.07, 6.45) is 2.86. The summed E-state index contributed by atoms with van der Waals surface area (Å²) >= 11 is 1.27. The molecule has 41 heteroatoms. The molecule has 13 atom stereocenters. The molecule has 1 fully saturated rings. The number of hydrogen-bond donors (Lipinski definition) is 23. The largest absolute Gasteiger partial charge is 0.508 e. The van der Waals surface area contributed by atoms with Crippen molar-refractivity contribution < 1.29 is 107 Å². The number of nitrogens with two attached hydrogens (primary N) is 1. The first-order valence-corrected chi connectivity index (χ1v) is 36.4. The number of H-pyrrole nitrogens is 1. The summed E-state index contributed by atoms with van der Waals surface area (Å²) in [5, 5.41) is 96.5. The van der Waals surface area contributed by atoms with Gasteiger partial charge in [-0.25, -0.2) is 4.98 Å². The molecule has 24 N–H and O–H groups in total. The Morgan fingerprint density at radius 1 is 0.532 bits per heavy atom. The number of aliphatic carboxylic acids is 2. The molecule has 0 radical (unpaired) electrons. The molecule has 0 saturated carbocycles. The van der Waals surface area contributed by atoms with Gasteiger partial charge in [-0.05, 0) is 107 Å². The molecule has 0 unspecified atom stereocenters. The van der Waals surface area contributed by atoms with Gasteiger partial charge in [-0.1, -0.05) is 56.3 Å². The van der Waals surface area contributed by atoms with Gasteiger partial charge in [0.25, 0.3) is 0 Å². The number of nitrogens with zero attached hydrogens (tertiary/aromatic N) is 1. The summed E-state index contributed by atoms with van der Waals surface area (Å²) in [5.74, 6) is -17.5. The molecule has 1 aliphatic heterocycles. The lowest BCUT2D eigenvalue weighted by Gasteiger charge is -2.28. The van der Waals surface area contributed by atoms with E-state index in [9.17, 15) is 107 Å². The molecule has 2 heterocycles. The number of carboxylic acid groups (broad SMARTS) is 2. The number of carbonyl (C=O) groups excluding carboxylic acids is 14. The van der Waals surface area contributed by atoms with Crippen LogP contribution in [0.5, 0.6) is 5.75 Å². The Kier molecular flexibility index (Phi) is 39.1. The van der Waals surface area contributed by atoms with Crippen molar-refractivity contribution >= 4 is 106 Å². The lowest BCUT2D eigenvalue weighted by molar-refractivity contribution is -0.142. The van der Waals surface area contributed by atoms with Crippen LogP contribution in [-0.4, -0.2) is 272 Å². The minimum atomic E-state index is -1.88. The van der Waals surface area contributed by atoms with Gasteiger partial charge in [0.05, 0.1) is 57.7 Å². The van der Waals surface area contributed by atoms with E-state index in [2.05, 4.69) is 89.7 Å². The van der Waals surface area contributed by atoms with E-state index >= 15 is 0 Å². The second-order valence-corrected chi connectivity index (χ2v) is 26.8. The van der Waals surface area contributed by atoms with Crippen LogP contribution in [0.1, 0.15) is 89.5 Å². The van der Waals surface area contributed by atoms with Gasteiger partial charge in [-0.3, -0.25) is 76.7 Å². The zero-order chi connectivity index (χ0) is 80.9. The zero-order valence-corrected chi connectivity index (χ0v) is 61.6. The Balaban J connectivity index is 1.41. The van der Waals surface area contributed by atoms with Gasteiger partial charge < -0.3 is 121 Å².